The molecule has 0 saturated heterocycles. The topological polar surface area (TPSA) is 54.8 Å². The van der Waals surface area contributed by atoms with E-state index in [1.165, 1.54) is 0 Å². The molecule has 1 aromatic heterocycles. The zero-order valence-electron chi connectivity index (χ0n) is 26.8. The maximum absolute atomic E-state index is 14.0. The molecule has 0 bridgehead atoms. The number of aromatic nitrogens is 1. The second-order valence-electron chi connectivity index (χ2n) is 13.3. The molecule has 42 heavy (non-hydrogen) atoms. The summed E-state index contributed by atoms with van der Waals surface area (Å²) in [6.07, 6.45) is 4.35. The molecule has 0 aliphatic heterocycles. The van der Waals surface area contributed by atoms with E-state index in [4.69, 9.17) is 4.74 Å². The van der Waals surface area contributed by atoms with Crippen molar-refractivity contribution in [2.75, 3.05) is 20.2 Å². The summed E-state index contributed by atoms with van der Waals surface area (Å²) in [5.74, 6) is 1.57. The molecule has 6 heteroatoms. The van der Waals surface area contributed by atoms with Crippen molar-refractivity contribution in [3.05, 3.63) is 89.7 Å². The number of nitrogens with zero attached hydrogens (tertiary/aromatic N) is 3. The number of methoxy groups -OCH3 is 1. The van der Waals surface area contributed by atoms with Gasteiger partial charge < -0.3 is 19.1 Å². The first-order valence-electron chi connectivity index (χ1n) is 15.3. The third kappa shape index (κ3) is 11.0. The zero-order chi connectivity index (χ0) is 30.7. The van der Waals surface area contributed by atoms with E-state index >= 15 is 0 Å². The van der Waals surface area contributed by atoms with Gasteiger partial charge in [-0.25, -0.2) is 0 Å². The summed E-state index contributed by atoms with van der Waals surface area (Å²) in [5, 5.41) is 0. The van der Waals surface area contributed by atoms with E-state index in [-0.39, 0.29) is 29.7 Å². The van der Waals surface area contributed by atoms with Crippen LogP contribution in [0.5, 0.6) is 5.75 Å². The lowest BCUT2D eigenvalue weighted by atomic mass is 9.84. The van der Waals surface area contributed by atoms with E-state index < -0.39 is 0 Å². The summed E-state index contributed by atoms with van der Waals surface area (Å²) in [7, 11) is 1.67. The zero-order valence-corrected chi connectivity index (χ0v) is 26.8. The lowest BCUT2D eigenvalue weighted by Crippen LogP contribution is -2.43. The molecule has 0 aliphatic rings. The fourth-order valence-electron chi connectivity index (χ4n) is 5.46. The normalized spacial score (nSPS) is 12.3. The predicted molar refractivity (Wildman–Crippen MR) is 171 cm³/mol. The SMILES string of the molecule is COc1cccc(Cn2cccc2CN(Cc2ccccc2)C(=O)CN(CCC(C)C)C(=O)CC(C)CC(C)(C)C)c1. The maximum Gasteiger partial charge on any atom is 0.242 e. The van der Waals surface area contributed by atoms with Crippen molar-refractivity contribution in [2.45, 2.75) is 80.4 Å². The Morgan fingerprint density at radius 3 is 2.24 bits per heavy atom. The minimum Gasteiger partial charge on any atom is -0.497 e. The standard InChI is InChI=1S/C36H51N3O3/c1-28(2)18-20-38(34(40)21-29(3)23-36(4,5)6)27-35(41)39(24-30-13-9-8-10-14-30)26-32-16-12-19-37(32)25-31-15-11-17-33(22-31)42-7/h8-17,19,22,28-29H,18,20-21,23-27H2,1-7H3. The number of hydrogen-bond acceptors (Lipinski definition) is 3. The van der Waals surface area contributed by atoms with Crippen LogP contribution in [0, 0.1) is 17.3 Å². The van der Waals surface area contributed by atoms with Crippen LogP contribution in [0.25, 0.3) is 0 Å². The molecular formula is C36H51N3O3. The average Bonchev–Trinajstić information content (AvgIpc) is 3.36. The number of benzene rings is 2. The summed E-state index contributed by atoms with van der Waals surface area (Å²) < 4.78 is 7.59. The molecule has 0 spiro atoms. The van der Waals surface area contributed by atoms with Gasteiger partial charge in [0.25, 0.3) is 0 Å². The van der Waals surface area contributed by atoms with Crippen molar-refractivity contribution in [2.24, 2.45) is 17.3 Å². The molecule has 2 amide bonds. The molecule has 2 aromatic carbocycles. The van der Waals surface area contributed by atoms with Crippen molar-refractivity contribution in [3.63, 3.8) is 0 Å². The Hall–Kier alpha value is -3.54. The van der Waals surface area contributed by atoms with E-state index in [2.05, 4.69) is 64.4 Å². The van der Waals surface area contributed by atoms with Gasteiger partial charge in [-0.2, -0.15) is 0 Å². The number of hydrogen-bond donors (Lipinski definition) is 0. The first kappa shape index (κ1) is 33.0. The Labute approximate surface area is 253 Å². The van der Waals surface area contributed by atoms with Crippen molar-refractivity contribution in [1.29, 1.82) is 0 Å². The Morgan fingerprint density at radius 1 is 0.857 bits per heavy atom. The molecule has 3 aromatic rings. The van der Waals surface area contributed by atoms with Gasteiger partial charge in [0.15, 0.2) is 0 Å². The van der Waals surface area contributed by atoms with E-state index in [0.717, 1.165) is 35.4 Å². The highest BCUT2D eigenvalue weighted by atomic mass is 16.5. The summed E-state index contributed by atoms with van der Waals surface area (Å²) in [6, 6.07) is 22.2. The largest absolute Gasteiger partial charge is 0.497 e. The molecule has 1 atom stereocenters. The van der Waals surface area contributed by atoms with Crippen LogP contribution in [0.2, 0.25) is 0 Å². The summed E-state index contributed by atoms with van der Waals surface area (Å²) in [5.41, 5.74) is 3.39. The van der Waals surface area contributed by atoms with Gasteiger partial charge in [0.2, 0.25) is 11.8 Å². The predicted octanol–water partition coefficient (Wildman–Crippen LogP) is 7.41. The molecular weight excluding hydrogens is 522 g/mol. The highest BCUT2D eigenvalue weighted by Crippen LogP contribution is 2.26. The second kappa shape index (κ2) is 15.6. The maximum atomic E-state index is 14.0. The van der Waals surface area contributed by atoms with Crippen LogP contribution < -0.4 is 4.74 Å². The van der Waals surface area contributed by atoms with Gasteiger partial charge in [-0.05, 0) is 65.5 Å². The molecule has 3 rings (SSSR count). The molecule has 0 aliphatic carbocycles. The quantitative estimate of drug-likeness (QED) is 0.190. The van der Waals surface area contributed by atoms with Crippen molar-refractivity contribution >= 4 is 11.8 Å². The van der Waals surface area contributed by atoms with Crippen LogP contribution in [0.3, 0.4) is 0 Å². The minimum atomic E-state index is -0.0337. The van der Waals surface area contributed by atoms with Gasteiger partial charge in [-0.15, -0.1) is 0 Å². The highest BCUT2D eigenvalue weighted by Gasteiger charge is 2.25. The number of ether oxygens (including phenoxy) is 1. The summed E-state index contributed by atoms with van der Waals surface area (Å²) >= 11 is 0. The van der Waals surface area contributed by atoms with Gasteiger partial charge >= 0.3 is 0 Å². The average molecular weight is 574 g/mol. The summed E-state index contributed by atoms with van der Waals surface area (Å²) in [6.45, 7) is 15.4. The Morgan fingerprint density at radius 2 is 1.57 bits per heavy atom. The van der Waals surface area contributed by atoms with E-state index in [1.54, 1.807) is 12.0 Å². The van der Waals surface area contributed by atoms with Crippen molar-refractivity contribution in [1.82, 2.24) is 14.4 Å². The van der Waals surface area contributed by atoms with Gasteiger partial charge in [-0.1, -0.05) is 84.0 Å². The van der Waals surface area contributed by atoms with E-state index in [9.17, 15) is 9.59 Å². The molecule has 0 fully saturated rings. The number of rotatable bonds is 15. The third-order valence-electron chi connectivity index (χ3n) is 7.47. The molecule has 0 saturated carbocycles. The van der Waals surface area contributed by atoms with Crippen LogP contribution in [0.1, 0.15) is 77.6 Å². The van der Waals surface area contributed by atoms with Gasteiger partial charge in [0.1, 0.15) is 5.75 Å². The summed E-state index contributed by atoms with van der Waals surface area (Å²) in [4.78, 5) is 31.2. The smallest absolute Gasteiger partial charge is 0.242 e. The van der Waals surface area contributed by atoms with Crippen molar-refractivity contribution < 1.29 is 14.3 Å². The lowest BCUT2D eigenvalue weighted by molar-refractivity contribution is -0.142. The Kier molecular flexibility index (Phi) is 12.3. The number of carbonyl (C=O) groups excluding carboxylic acids is 2. The van der Waals surface area contributed by atoms with Crippen LogP contribution in [-0.2, 0) is 29.2 Å². The van der Waals surface area contributed by atoms with Gasteiger partial charge in [0, 0.05) is 37.9 Å². The van der Waals surface area contributed by atoms with E-state index in [0.29, 0.717) is 38.5 Å². The van der Waals surface area contributed by atoms with E-state index in [1.807, 2.05) is 59.5 Å². The number of carbonyl (C=O) groups is 2. The van der Waals surface area contributed by atoms with Crippen LogP contribution in [0.15, 0.2) is 72.9 Å². The van der Waals surface area contributed by atoms with Gasteiger partial charge in [-0.3, -0.25) is 9.59 Å². The number of amides is 2. The van der Waals surface area contributed by atoms with Crippen molar-refractivity contribution in [3.8, 4) is 5.75 Å². The third-order valence-corrected chi connectivity index (χ3v) is 7.47. The molecule has 228 valence electrons. The Balaban J connectivity index is 1.81. The molecule has 0 N–H and O–H groups in total. The second-order valence-corrected chi connectivity index (χ2v) is 13.3. The van der Waals surface area contributed by atoms with Crippen LogP contribution in [0.4, 0.5) is 0 Å². The molecule has 6 nitrogen and oxygen atoms in total. The fourth-order valence-corrected chi connectivity index (χ4v) is 5.46. The van der Waals surface area contributed by atoms with Crippen LogP contribution in [-0.4, -0.2) is 46.4 Å². The Bertz CT molecular complexity index is 1260. The lowest BCUT2D eigenvalue weighted by Gasteiger charge is -2.30. The molecule has 1 unspecified atom stereocenters. The minimum absolute atomic E-state index is 0.0337. The first-order valence-corrected chi connectivity index (χ1v) is 15.3. The molecule has 1 heterocycles. The van der Waals surface area contributed by atoms with Crippen LogP contribution >= 0.6 is 0 Å². The highest BCUT2D eigenvalue weighted by molar-refractivity contribution is 5.85. The van der Waals surface area contributed by atoms with Gasteiger partial charge in [0.05, 0.1) is 20.2 Å². The monoisotopic (exact) mass is 573 g/mol. The molecule has 0 radical (unpaired) electrons. The first-order chi connectivity index (χ1) is 19.9. The fraction of sp³-hybridized carbons (Fsp3) is 0.500.